The van der Waals surface area contributed by atoms with Crippen LogP contribution in [0.15, 0.2) is 71.6 Å². The van der Waals surface area contributed by atoms with Gasteiger partial charge >= 0.3 is 0 Å². The Morgan fingerprint density at radius 1 is 1.00 bits per heavy atom. The van der Waals surface area contributed by atoms with Crippen molar-refractivity contribution in [2.45, 2.75) is 18.4 Å². The second kappa shape index (κ2) is 10.1. The molecule has 3 rings (SSSR count). The largest absolute Gasteiger partial charge is 0.493 e. The highest BCUT2D eigenvalue weighted by molar-refractivity contribution is 7.92. The van der Waals surface area contributed by atoms with Crippen molar-refractivity contribution in [1.82, 2.24) is 5.32 Å². The number of carbonyl (C=O) groups excluding carboxylic acids is 1. The highest BCUT2D eigenvalue weighted by Gasteiger charge is 2.19. The van der Waals surface area contributed by atoms with Crippen LogP contribution in [0.4, 0.5) is 10.1 Å². The molecule has 0 aromatic heterocycles. The maximum Gasteiger partial charge on any atom is 0.261 e. The Bertz CT molecular complexity index is 1200. The quantitative estimate of drug-likeness (QED) is 0.506. The summed E-state index contributed by atoms with van der Waals surface area (Å²) in [5.41, 5.74) is 1.04. The predicted octanol–water partition coefficient (Wildman–Crippen LogP) is 3.96. The molecule has 0 saturated carbocycles. The number of sulfonamides is 1. The first kappa shape index (κ1) is 23.1. The number of hydrogen-bond donors (Lipinski definition) is 2. The first-order valence-electron chi connectivity index (χ1n) is 9.79. The van der Waals surface area contributed by atoms with Crippen molar-refractivity contribution in [3.8, 4) is 11.5 Å². The third-order valence-electron chi connectivity index (χ3n) is 4.52. The molecule has 0 radical (unpaired) electrons. The molecule has 9 heteroatoms. The van der Waals surface area contributed by atoms with E-state index < -0.39 is 21.7 Å². The molecule has 1 amide bonds. The van der Waals surface area contributed by atoms with E-state index in [0.717, 1.165) is 29.8 Å². The summed E-state index contributed by atoms with van der Waals surface area (Å²) in [7, 11) is -2.47. The molecule has 7 nitrogen and oxygen atoms in total. The minimum atomic E-state index is -4.00. The summed E-state index contributed by atoms with van der Waals surface area (Å²) in [5, 5.41) is 2.77. The van der Waals surface area contributed by atoms with Crippen LogP contribution in [0.25, 0.3) is 0 Å². The number of ether oxygens (including phenoxy) is 2. The monoisotopic (exact) mass is 458 g/mol. The van der Waals surface area contributed by atoms with Gasteiger partial charge in [0, 0.05) is 6.54 Å². The fourth-order valence-corrected chi connectivity index (χ4v) is 4.04. The summed E-state index contributed by atoms with van der Waals surface area (Å²) in [4.78, 5) is 12.7. The van der Waals surface area contributed by atoms with Crippen LogP contribution in [0.2, 0.25) is 0 Å². The molecular weight excluding hydrogens is 435 g/mol. The predicted molar refractivity (Wildman–Crippen MR) is 119 cm³/mol. The summed E-state index contributed by atoms with van der Waals surface area (Å²) < 4.78 is 51.6. The van der Waals surface area contributed by atoms with Gasteiger partial charge in [-0.15, -0.1) is 0 Å². The number of methoxy groups -OCH3 is 1. The normalized spacial score (nSPS) is 11.0. The van der Waals surface area contributed by atoms with Gasteiger partial charge in [-0.25, -0.2) is 12.8 Å². The number of para-hydroxylation sites is 1. The van der Waals surface area contributed by atoms with Crippen LogP contribution in [0, 0.1) is 5.82 Å². The van der Waals surface area contributed by atoms with Gasteiger partial charge in [0.2, 0.25) is 0 Å². The maximum atomic E-state index is 13.1. The minimum Gasteiger partial charge on any atom is -0.493 e. The van der Waals surface area contributed by atoms with Gasteiger partial charge in [-0.05, 0) is 61.0 Å². The Kier molecular flexibility index (Phi) is 7.32. The molecule has 0 heterocycles. The third kappa shape index (κ3) is 5.55. The SMILES string of the molecule is CCOc1ccc(CNC(=O)c2ccccc2NS(=O)(=O)c2ccc(F)cc2)cc1OC. The first-order valence-corrected chi connectivity index (χ1v) is 11.3. The molecule has 3 aromatic carbocycles. The van der Waals surface area contributed by atoms with E-state index in [1.807, 2.05) is 6.92 Å². The van der Waals surface area contributed by atoms with Gasteiger partial charge in [0.1, 0.15) is 5.82 Å². The number of amides is 1. The van der Waals surface area contributed by atoms with Gasteiger partial charge in [-0.3, -0.25) is 9.52 Å². The highest BCUT2D eigenvalue weighted by Crippen LogP contribution is 2.28. The topological polar surface area (TPSA) is 93.7 Å². The number of benzene rings is 3. The van der Waals surface area contributed by atoms with Gasteiger partial charge in [-0.1, -0.05) is 18.2 Å². The van der Waals surface area contributed by atoms with Crippen molar-refractivity contribution in [2.75, 3.05) is 18.4 Å². The lowest BCUT2D eigenvalue weighted by molar-refractivity contribution is 0.0951. The van der Waals surface area contributed by atoms with E-state index >= 15 is 0 Å². The van der Waals surface area contributed by atoms with Gasteiger partial charge in [-0.2, -0.15) is 0 Å². The lowest BCUT2D eigenvalue weighted by Crippen LogP contribution is -2.25. The Morgan fingerprint density at radius 2 is 1.72 bits per heavy atom. The first-order chi connectivity index (χ1) is 15.3. The van der Waals surface area contributed by atoms with Crippen molar-refractivity contribution < 1.29 is 27.1 Å². The zero-order chi connectivity index (χ0) is 23.1. The molecule has 0 spiro atoms. The average Bonchev–Trinajstić information content (AvgIpc) is 2.78. The zero-order valence-electron chi connectivity index (χ0n) is 17.6. The molecule has 3 aromatic rings. The molecule has 2 N–H and O–H groups in total. The number of carbonyl (C=O) groups is 1. The van der Waals surface area contributed by atoms with E-state index in [9.17, 15) is 17.6 Å². The summed E-state index contributed by atoms with van der Waals surface area (Å²) >= 11 is 0. The highest BCUT2D eigenvalue weighted by atomic mass is 32.2. The standard InChI is InChI=1S/C23H23FN2O5S/c1-3-31-21-13-8-16(14-22(21)30-2)15-25-23(27)19-6-4-5-7-20(19)26-32(28,29)18-11-9-17(24)10-12-18/h4-14,26H,3,15H2,1-2H3,(H,25,27). The fourth-order valence-electron chi connectivity index (χ4n) is 2.96. The van der Waals surface area contributed by atoms with Crippen LogP contribution in [0.3, 0.4) is 0 Å². The van der Waals surface area contributed by atoms with Crippen LogP contribution < -0.4 is 19.5 Å². The van der Waals surface area contributed by atoms with Crippen LogP contribution in [-0.4, -0.2) is 28.0 Å². The Balaban J connectivity index is 1.75. The lowest BCUT2D eigenvalue weighted by Gasteiger charge is -2.14. The number of hydrogen-bond acceptors (Lipinski definition) is 5. The van der Waals surface area contributed by atoms with E-state index in [-0.39, 0.29) is 22.7 Å². The van der Waals surface area contributed by atoms with Crippen LogP contribution >= 0.6 is 0 Å². The van der Waals surface area contributed by atoms with Gasteiger partial charge < -0.3 is 14.8 Å². The molecular formula is C23H23FN2O5S. The van der Waals surface area contributed by atoms with Gasteiger partial charge in [0.15, 0.2) is 11.5 Å². The van der Waals surface area contributed by atoms with Crippen molar-refractivity contribution in [2.24, 2.45) is 0 Å². The Morgan fingerprint density at radius 3 is 2.41 bits per heavy atom. The summed E-state index contributed by atoms with van der Waals surface area (Å²) in [6.07, 6.45) is 0. The fraction of sp³-hybridized carbons (Fsp3) is 0.174. The van der Waals surface area contributed by atoms with Crippen molar-refractivity contribution in [3.05, 3.63) is 83.7 Å². The Hall–Kier alpha value is -3.59. The molecule has 0 atom stereocenters. The van der Waals surface area contributed by atoms with E-state index in [1.54, 1.807) is 30.3 Å². The molecule has 0 saturated heterocycles. The number of rotatable bonds is 9. The number of anilines is 1. The van der Waals surface area contributed by atoms with E-state index in [2.05, 4.69) is 10.0 Å². The molecule has 168 valence electrons. The lowest BCUT2D eigenvalue weighted by atomic mass is 10.1. The average molecular weight is 459 g/mol. The van der Waals surface area contributed by atoms with Crippen molar-refractivity contribution >= 4 is 21.6 Å². The van der Waals surface area contributed by atoms with Gasteiger partial charge in [0.25, 0.3) is 15.9 Å². The molecule has 0 aliphatic carbocycles. The van der Waals surface area contributed by atoms with Crippen LogP contribution in [0.5, 0.6) is 11.5 Å². The van der Waals surface area contributed by atoms with E-state index in [1.165, 1.54) is 19.2 Å². The summed E-state index contributed by atoms with van der Waals surface area (Å²) in [6, 6.07) is 16.0. The summed E-state index contributed by atoms with van der Waals surface area (Å²) in [6.45, 7) is 2.56. The minimum absolute atomic E-state index is 0.110. The second-order valence-corrected chi connectivity index (χ2v) is 8.39. The van der Waals surface area contributed by atoms with Crippen LogP contribution in [-0.2, 0) is 16.6 Å². The molecule has 0 aliphatic rings. The molecule has 0 unspecified atom stereocenters. The van der Waals surface area contributed by atoms with Crippen molar-refractivity contribution in [1.29, 1.82) is 0 Å². The Labute approximate surface area is 186 Å². The second-order valence-electron chi connectivity index (χ2n) is 6.71. The van der Waals surface area contributed by atoms with E-state index in [0.29, 0.717) is 18.1 Å². The maximum absolute atomic E-state index is 13.1. The van der Waals surface area contributed by atoms with Gasteiger partial charge in [0.05, 0.1) is 29.9 Å². The smallest absolute Gasteiger partial charge is 0.261 e. The molecule has 32 heavy (non-hydrogen) atoms. The third-order valence-corrected chi connectivity index (χ3v) is 5.90. The molecule has 0 aliphatic heterocycles. The number of nitrogens with one attached hydrogen (secondary N) is 2. The van der Waals surface area contributed by atoms with Crippen molar-refractivity contribution in [3.63, 3.8) is 0 Å². The number of halogens is 1. The zero-order valence-corrected chi connectivity index (χ0v) is 18.4. The van der Waals surface area contributed by atoms with E-state index in [4.69, 9.17) is 9.47 Å². The molecule has 0 fully saturated rings. The molecule has 0 bridgehead atoms. The van der Waals surface area contributed by atoms with Crippen LogP contribution in [0.1, 0.15) is 22.8 Å². The summed E-state index contributed by atoms with van der Waals surface area (Å²) in [5.74, 6) is 0.140.